The van der Waals surface area contributed by atoms with Gasteiger partial charge in [-0.05, 0) is 29.8 Å². The van der Waals surface area contributed by atoms with Crippen molar-refractivity contribution < 1.29 is 14.3 Å². The van der Waals surface area contributed by atoms with Crippen LogP contribution in [-0.4, -0.2) is 18.9 Å². The first-order chi connectivity index (χ1) is 14.0. The van der Waals surface area contributed by atoms with Gasteiger partial charge in [0, 0.05) is 29.8 Å². The molecule has 0 heterocycles. The number of rotatable bonds is 5. The molecule has 0 radical (unpaired) electrons. The van der Waals surface area contributed by atoms with Crippen molar-refractivity contribution in [3.8, 4) is 22.9 Å². The van der Waals surface area contributed by atoms with Crippen LogP contribution in [0.1, 0.15) is 22.8 Å². The summed E-state index contributed by atoms with van der Waals surface area (Å²) in [4.78, 5) is 24.3. The first kappa shape index (κ1) is 19.6. The monoisotopic (exact) mass is 385 g/mol. The lowest BCUT2D eigenvalue weighted by atomic mass is 9.95. The molecule has 0 fully saturated rings. The zero-order valence-corrected chi connectivity index (χ0v) is 16.0. The van der Waals surface area contributed by atoms with Gasteiger partial charge in [-0.15, -0.1) is 0 Å². The summed E-state index contributed by atoms with van der Waals surface area (Å²) in [5.74, 6) is -0.103. The Morgan fingerprint density at radius 1 is 0.931 bits per heavy atom. The third-order valence-corrected chi connectivity index (χ3v) is 4.28. The molecule has 0 aliphatic carbocycles. The Hall–Kier alpha value is -4.11. The van der Waals surface area contributed by atoms with Gasteiger partial charge < -0.3 is 15.4 Å². The summed E-state index contributed by atoms with van der Waals surface area (Å²) in [6.45, 7) is 1.41. The molecule has 0 spiro atoms. The maximum atomic E-state index is 13.0. The van der Waals surface area contributed by atoms with Crippen molar-refractivity contribution in [1.82, 2.24) is 0 Å². The van der Waals surface area contributed by atoms with Crippen molar-refractivity contribution in [2.24, 2.45) is 0 Å². The average molecular weight is 385 g/mol. The molecule has 6 nitrogen and oxygen atoms in total. The predicted octanol–water partition coefficient (Wildman–Crippen LogP) is 4.44. The molecule has 0 atom stereocenters. The van der Waals surface area contributed by atoms with Crippen LogP contribution in [0.2, 0.25) is 0 Å². The summed E-state index contributed by atoms with van der Waals surface area (Å²) in [7, 11) is 1.49. The van der Waals surface area contributed by atoms with Crippen LogP contribution in [-0.2, 0) is 4.79 Å². The highest BCUT2D eigenvalue weighted by atomic mass is 16.5. The molecule has 0 aromatic heterocycles. The number of nitrogens with zero attached hydrogens (tertiary/aromatic N) is 1. The van der Waals surface area contributed by atoms with Gasteiger partial charge in [0.2, 0.25) is 5.91 Å². The highest BCUT2D eigenvalue weighted by Crippen LogP contribution is 2.30. The number of amides is 2. The highest BCUT2D eigenvalue weighted by Gasteiger charge is 2.16. The van der Waals surface area contributed by atoms with Gasteiger partial charge >= 0.3 is 0 Å². The minimum Gasteiger partial charge on any atom is -0.494 e. The molecule has 0 aliphatic rings. The van der Waals surface area contributed by atoms with Crippen molar-refractivity contribution in [2.75, 3.05) is 17.7 Å². The zero-order chi connectivity index (χ0) is 20.8. The van der Waals surface area contributed by atoms with E-state index in [4.69, 9.17) is 4.74 Å². The van der Waals surface area contributed by atoms with E-state index in [0.717, 1.165) is 0 Å². The summed E-state index contributed by atoms with van der Waals surface area (Å²) in [5, 5.41) is 14.9. The fraction of sp³-hybridized carbons (Fsp3) is 0.0870. The summed E-state index contributed by atoms with van der Waals surface area (Å²) < 4.78 is 5.30. The Morgan fingerprint density at radius 3 is 2.31 bits per heavy atom. The third kappa shape index (κ3) is 4.42. The summed E-state index contributed by atoms with van der Waals surface area (Å²) >= 11 is 0. The van der Waals surface area contributed by atoms with Crippen LogP contribution in [0.15, 0.2) is 66.7 Å². The molecule has 2 N–H and O–H groups in total. The maximum Gasteiger partial charge on any atom is 0.256 e. The Labute approximate surface area is 168 Å². The lowest BCUT2D eigenvalue weighted by Gasteiger charge is -2.14. The average Bonchev–Trinajstić information content (AvgIpc) is 2.74. The number of methoxy groups -OCH3 is 1. The van der Waals surface area contributed by atoms with E-state index >= 15 is 0 Å². The van der Waals surface area contributed by atoms with Crippen molar-refractivity contribution in [3.05, 3.63) is 77.9 Å². The number of anilines is 2. The largest absolute Gasteiger partial charge is 0.494 e. The van der Waals surface area contributed by atoms with Crippen LogP contribution < -0.4 is 15.4 Å². The Balaban J connectivity index is 1.93. The first-order valence-corrected chi connectivity index (χ1v) is 8.89. The van der Waals surface area contributed by atoms with E-state index in [1.807, 2.05) is 24.3 Å². The summed E-state index contributed by atoms with van der Waals surface area (Å²) in [6.07, 6.45) is 0. The fourth-order valence-corrected chi connectivity index (χ4v) is 2.99. The molecule has 0 saturated carbocycles. The van der Waals surface area contributed by atoms with Crippen LogP contribution in [0.4, 0.5) is 11.4 Å². The highest BCUT2D eigenvalue weighted by molar-refractivity contribution is 6.09. The van der Waals surface area contributed by atoms with E-state index in [2.05, 4.69) is 16.7 Å². The quantitative estimate of drug-likeness (QED) is 0.679. The van der Waals surface area contributed by atoms with E-state index in [0.29, 0.717) is 39.4 Å². The lowest BCUT2D eigenvalue weighted by Crippen LogP contribution is -2.14. The smallest absolute Gasteiger partial charge is 0.256 e. The van der Waals surface area contributed by atoms with Gasteiger partial charge in [0.1, 0.15) is 5.75 Å². The normalized spacial score (nSPS) is 9.97. The van der Waals surface area contributed by atoms with E-state index in [-0.39, 0.29) is 11.8 Å². The number of hydrogen-bond acceptors (Lipinski definition) is 4. The number of ether oxygens (including phenoxy) is 1. The molecule has 0 unspecified atom stereocenters. The predicted molar refractivity (Wildman–Crippen MR) is 112 cm³/mol. The molecule has 3 rings (SSSR count). The van der Waals surface area contributed by atoms with Crippen molar-refractivity contribution >= 4 is 23.2 Å². The van der Waals surface area contributed by atoms with Gasteiger partial charge in [0.05, 0.1) is 24.4 Å². The van der Waals surface area contributed by atoms with Crippen LogP contribution in [0, 0.1) is 11.3 Å². The van der Waals surface area contributed by atoms with Crippen LogP contribution in [0.3, 0.4) is 0 Å². The maximum absolute atomic E-state index is 13.0. The number of carbonyl (C=O) groups is 2. The molecule has 6 heteroatoms. The third-order valence-electron chi connectivity index (χ3n) is 4.28. The molecule has 2 amide bonds. The standard InChI is InChI=1S/C23H19N3O3/c1-15(27)25-21-12-11-17(13-22(21)29-2)26-23(28)20-10-6-5-9-19(20)18-8-4-3-7-16(18)14-24/h3-13H,1-2H3,(H,25,27)(H,26,28). The molecule has 29 heavy (non-hydrogen) atoms. The Bertz CT molecular complexity index is 1120. The molecule has 0 saturated heterocycles. The van der Waals surface area contributed by atoms with Gasteiger partial charge in [-0.2, -0.15) is 5.26 Å². The molecular formula is C23H19N3O3. The van der Waals surface area contributed by atoms with Crippen molar-refractivity contribution in [3.63, 3.8) is 0 Å². The second kappa shape index (κ2) is 8.72. The molecule has 0 bridgehead atoms. The van der Waals surface area contributed by atoms with Crippen molar-refractivity contribution in [1.29, 1.82) is 5.26 Å². The minimum absolute atomic E-state index is 0.217. The van der Waals surface area contributed by atoms with E-state index in [1.165, 1.54) is 14.0 Å². The van der Waals surface area contributed by atoms with Gasteiger partial charge in [0.25, 0.3) is 5.91 Å². The molecule has 3 aromatic rings. The van der Waals surface area contributed by atoms with E-state index < -0.39 is 0 Å². The van der Waals surface area contributed by atoms with Crippen LogP contribution in [0.25, 0.3) is 11.1 Å². The number of nitriles is 1. The van der Waals surface area contributed by atoms with Crippen LogP contribution >= 0.6 is 0 Å². The summed E-state index contributed by atoms with van der Waals surface area (Å²) in [6, 6.07) is 21.4. The first-order valence-electron chi connectivity index (χ1n) is 8.89. The number of hydrogen-bond donors (Lipinski definition) is 2. The van der Waals surface area contributed by atoms with Crippen molar-refractivity contribution in [2.45, 2.75) is 6.92 Å². The van der Waals surface area contributed by atoms with Gasteiger partial charge in [-0.25, -0.2) is 0 Å². The second-order valence-electron chi connectivity index (χ2n) is 6.25. The van der Waals surface area contributed by atoms with E-state index in [9.17, 15) is 14.9 Å². The number of benzene rings is 3. The zero-order valence-electron chi connectivity index (χ0n) is 16.0. The molecule has 3 aromatic carbocycles. The Kier molecular flexibility index (Phi) is 5.91. The molecule has 0 aliphatic heterocycles. The number of nitrogens with one attached hydrogen (secondary N) is 2. The Morgan fingerprint density at radius 2 is 1.62 bits per heavy atom. The molecule has 144 valence electrons. The second-order valence-corrected chi connectivity index (χ2v) is 6.25. The van der Waals surface area contributed by atoms with Crippen LogP contribution in [0.5, 0.6) is 5.75 Å². The lowest BCUT2D eigenvalue weighted by molar-refractivity contribution is -0.114. The summed E-state index contributed by atoms with van der Waals surface area (Å²) in [5.41, 5.74) is 3.34. The van der Waals surface area contributed by atoms with Gasteiger partial charge in [-0.1, -0.05) is 36.4 Å². The minimum atomic E-state index is -0.317. The topological polar surface area (TPSA) is 91.2 Å². The van der Waals surface area contributed by atoms with Gasteiger partial charge in [-0.3, -0.25) is 9.59 Å². The molecular weight excluding hydrogens is 366 g/mol. The fourth-order valence-electron chi connectivity index (χ4n) is 2.99. The SMILES string of the molecule is COc1cc(NC(=O)c2ccccc2-c2ccccc2C#N)ccc1NC(C)=O. The van der Waals surface area contributed by atoms with Gasteiger partial charge in [0.15, 0.2) is 0 Å². The van der Waals surface area contributed by atoms with E-state index in [1.54, 1.807) is 42.5 Å². The number of carbonyl (C=O) groups excluding carboxylic acids is 2.